The fourth-order valence-corrected chi connectivity index (χ4v) is 3.23. The number of aliphatic hydroxyl groups is 3. The third kappa shape index (κ3) is 8.24. The van der Waals surface area contributed by atoms with Gasteiger partial charge in [-0.3, -0.25) is 5.32 Å². The lowest BCUT2D eigenvalue weighted by Gasteiger charge is -2.22. The minimum atomic E-state index is -3.27. The van der Waals surface area contributed by atoms with E-state index in [9.17, 15) is 38.0 Å². The summed E-state index contributed by atoms with van der Waals surface area (Å²) >= 11 is 0. The number of aromatic hydroxyl groups is 1. The van der Waals surface area contributed by atoms with Crippen LogP contribution in [0.4, 0.5) is 17.6 Å². The molecule has 0 heterocycles. The van der Waals surface area contributed by atoms with Crippen LogP contribution in [-0.4, -0.2) is 52.3 Å². The number of hydrogen-bond donors (Lipinski definition) is 5. The number of nitrogens with one attached hydrogen (secondary N) is 1. The first kappa shape index (κ1) is 27.0. The Morgan fingerprint density at radius 2 is 1.64 bits per heavy atom. The standard InChI is InChI=1S/C23H29F4NO5/c24-22(25,11-13-33-15-23(26,27)16-6-2-1-3-7-16)10-5-12-28-21(32)20(31)17-8-4-9-19(30)18(17)14-29/h1-4,6-9,20-21,28-32H,5,10-15H2/t20-,21+/m1/s1. The van der Waals surface area contributed by atoms with Crippen LogP contribution in [0.1, 0.15) is 42.1 Å². The first-order valence-corrected chi connectivity index (χ1v) is 10.5. The summed E-state index contributed by atoms with van der Waals surface area (Å²) in [5.41, 5.74) is -0.0945. The van der Waals surface area contributed by atoms with Crippen molar-refractivity contribution in [3.05, 3.63) is 65.2 Å². The number of halogens is 4. The molecule has 0 fully saturated rings. The van der Waals surface area contributed by atoms with Crippen molar-refractivity contribution in [2.24, 2.45) is 0 Å². The molecule has 5 N–H and O–H groups in total. The molecular formula is C23H29F4NO5. The number of aliphatic hydroxyl groups excluding tert-OH is 3. The second kappa shape index (κ2) is 12.3. The van der Waals surface area contributed by atoms with Crippen LogP contribution in [0.3, 0.4) is 0 Å². The lowest BCUT2D eigenvalue weighted by molar-refractivity contribution is -0.100. The van der Waals surface area contributed by atoms with Gasteiger partial charge in [-0.15, -0.1) is 0 Å². The van der Waals surface area contributed by atoms with E-state index in [-0.39, 0.29) is 35.4 Å². The highest BCUT2D eigenvalue weighted by Gasteiger charge is 2.33. The number of phenols is 1. The Morgan fingerprint density at radius 1 is 0.939 bits per heavy atom. The molecule has 2 rings (SSSR count). The Hall–Kier alpha value is -2.24. The Labute approximate surface area is 189 Å². The zero-order valence-electron chi connectivity index (χ0n) is 17.9. The fraction of sp³-hybridized carbons (Fsp3) is 0.478. The normalized spacial score (nSPS) is 14.3. The number of alkyl halides is 4. The number of hydrogen-bond acceptors (Lipinski definition) is 6. The average Bonchev–Trinajstić information content (AvgIpc) is 2.79. The van der Waals surface area contributed by atoms with E-state index in [1.807, 2.05) is 0 Å². The topological polar surface area (TPSA) is 102 Å². The van der Waals surface area contributed by atoms with Crippen molar-refractivity contribution in [1.82, 2.24) is 5.32 Å². The van der Waals surface area contributed by atoms with Gasteiger partial charge in [0.25, 0.3) is 5.92 Å². The molecule has 0 unspecified atom stereocenters. The van der Waals surface area contributed by atoms with Gasteiger partial charge in [-0.1, -0.05) is 42.5 Å². The van der Waals surface area contributed by atoms with E-state index in [1.54, 1.807) is 6.07 Å². The highest BCUT2D eigenvalue weighted by molar-refractivity contribution is 5.40. The van der Waals surface area contributed by atoms with Crippen LogP contribution in [0.5, 0.6) is 5.75 Å². The van der Waals surface area contributed by atoms with E-state index >= 15 is 0 Å². The van der Waals surface area contributed by atoms with Crippen molar-refractivity contribution in [2.75, 3.05) is 19.8 Å². The van der Waals surface area contributed by atoms with Gasteiger partial charge in [-0.05, 0) is 24.6 Å². The summed E-state index contributed by atoms with van der Waals surface area (Å²) in [6.45, 7) is -2.15. The third-order valence-electron chi connectivity index (χ3n) is 5.13. The molecule has 2 aromatic carbocycles. The molecule has 0 aliphatic rings. The van der Waals surface area contributed by atoms with Gasteiger partial charge in [-0.25, -0.2) is 8.78 Å². The predicted octanol–water partition coefficient (Wildman–Crippen LogP) is 3.44. The van der Waals surface area contributed by atoms with Crippen LogP contribution >= 0.6 is 0 Å². The Morgan fingerprint density at radius 3 is 2.30 bits per heavy atom. The molecule has 10 heteroatoms. The molecule has 0 spiro atoms. The maximum Gasteiger partial charge on any atom is 0.296 e. The van der Waals surface area contributed by atoms with Gasteiger partial charge in [0.05, 0.1) is 13.2 Å². The summed E-state index contributed by atoms with van der Waals surface area (Å²) in [7, 11) is 0. The first-order chi connectivity index (χ1) is 15.6. The van der Waals surface area contributed by atoms with Gasteiger partial charge < -0.3 is 25.2 Å². The van der Waals surface area contributed by atoms with Crippen molar-refractivity contribution >= 4 is 0 Å². The van der Waals surface area contributed by atoms with Crippen LogP contribution in [0.15, 0.2) is 48.5 Å². The molecule has 2 aromatic rings. The first-order valence-electron chi connectivity index (χ1n) is 10.5. The zero-order chi connectivity index (χ0) is 24.5. The molecule has 0 aliphatic carbocycles. The van der Waals surface area contributed by atoms with Crippen LogP contribution < -0.4 is 5.32 Å². The molecule has 0 aromatic heterocycles. The summed E-state index contributed by atoms with van der Waals surface area (Å²) in [5, 5.41) is 41.8. The smallest absolute Gasteiger partial charge is 0.296 e. The van der Waals surface area contributed by atoms with Gasteiger partial charge >= 0.3 is 0 Å². The van der Waals surface area contributed by atoms with Crippen molar-refractivity contribution in [2.45, 2.75) is 50.0 Å². The average molecular weight is 475 g/mol. The number of rotatable bonds is 14. The van der Waals surface area contributed by atoms with Gasteiger partial charge in [0, 0.05) is 24.0 Å². The summed E-state index contributed by atoms with van der Waals surface area (Å²) in [5.74, 6) is -6.67. The van der Waals surface area contributed by atoms with Gasteiger partial charge in [0.1, 0.15) is 24.7 Å². The monoisotopic (exact) mass is 475 g/mol. The quantitative estimate of drug-likeness (QED) is 0.163. The minimum Gasteiger partial charge on any atom is -0.508 e. The number of ether oxygens (including phenoxy) is 1. The van der Waals surface area contributed by atoms with Crippen molar-refractivity contribution in [3.8, 4) is 5.75 Å². The lowest BCUT2D eigenvalue weighted by Crippen LogP contribution is -2.36. The molecule has 0 saturated carbocycles. The second-order valence-electron chi connectivity index (χ2n) is 7.68. The predicted molar refractivity (Wildman–Crippen MR) is 113 cm³/mol. The van der Waals surface area contributed by atoms with Crippen LogP contribution in [0.25, 0.3) is 0 Å². The Bertz CT molecular complexity index is 854. The maximum absolute atomic E-state index is 14.0. The van der Waals surface area contributed by atoms with E-state index in [4.69, 9.17) is 4.74 Å². The fourth-order valence-electron chi connectivity index (χ4n) is 3.23. The maximum atomic E-state index is 14.0. The van der Waals surface area contributed by atoms with Crippen LogP contribution in [-0.2, 0) is 17.3 Å². The van der Waals surface area contributed by atoms with E-state index in [0.29, 0.717) is 0 Å². The zero-order valence-corrected chi connectivity index (χ0v) is 17.9. The molecule has 184 valence electrons. The Balaban J connectivity index is 1.70. The molecule has 33 heavy (non-hydrogen) atoms. The van der Waals surface area contributed by atoms with Gasteiger partial charge in [-0.2, -0.15) is 8.78 Å². The molecule has 0 bridgehead atoms. The molecule has 0 amide bonds. The highest BCUT2D eigenvalue weighted by Crippen LogP contribution is 2.30. The van der Waals surface area contributed by atoms with Gasteiger partial charge in [0.15, 0.2) is 0 Å². The minimum absolute atomic E-state index is 0.0511. The summed E-state index contributed by atoms with van der Waals surface area (Å²) < 4.78 is 60.7. The lowest BCUT2D eigenvalue weighted by atomic mass is 10.0. The van der Waals surface area contributed by atoms with Crippen LogP contribution in [0.2, 0.25) is 0 Å². The van der Waals surface area contributed by atoms with E-state index < -0.39 is 56.8 Å². The number of benzene rings is 2. The van der Waals surface area contributed by atoms with Crippen molar-refractivity contribution in [1.29, 1.82) is 0 Å². The Kier molecular flexibility index (Phi) is 10.1. The third-order valence-corrected chi connectivity index (χ3v) is 5.13. The summed E-state index contributed by atoms with van der Waals surface area (Å²) in [6, 6.07) is 11.1. The second-order valence-corrected chi connectivity index (χ2v) is 7.68. The largest absolute Gasteiger partial charge is 0.508 e. The molecule has 2 atom stereocenters. The SMILES string of the molecule is OCc1c(O)cccc1[C@@H](O)[C@H](O)NCCCC(F)(F)CCOCC(F)(F)c1ccccc1. The molecule has 0 radical (unpaired) electrons. The van der Waals surface area contributed by atoms with Crippen LogP contribution in [0, 0.1) is 0 Å². The van der Waals surface area contributed by atoms with E-state index in [0.717, 1.165) is 0 Å². The van der Waals surface area contributed by atoms with E-state index in [1.165, 1.54) is 42.5 Å². The van der Waals surface area contributed by atoms with E-state index in [2.05, 4.69) is 5.32 Å². The van der Waals surface area contributed by atoms with Crippen molar-refractivity contribution in [3.63, 3.8) is 0 Å². The molecule has 0 aliphatic heterocycles. The molecule has 6 nitrogen and oxygen atoms in total. The molecular weight excluding hydrogens is 446 g/mol. The van der Waals surface area contributed by atoms with Gasteiger partial charge in [0.2, 0.25) is 5.92 Å². The summed E-state index contributed by atoms with van der Waals surface area (Å²) in [4.78, 5) is 0. The highest BCUT2D eigenvalue weighted by atomic mass is 19.3. The molecule has 0 saturated heterocycles. The van der Waals surface area contributed by atoms with Crippen molar-refractivity contribution < 1.29 is 42.7 Å². The summed E-state index contributed by atoms with van der Waals surface area (Å²) in [6.07, 6.45) is -4.39.